The Morgan fingerprint density at radius 2 is 2.19 bits per heavy atom. The van der Waals surface area contributed by atoms with Gasteiger partial charge in [0.2, 0.25) is 0 Å². The van der Waals surface area contributed by atoms with E-state index in [1.54, 1.807) is 0 Å². The zero-order chi connectivity index (χ0) is 12.1. The highest BCUT2D eigenvalue weighted by atomic mass is 35.5. The fraction of sp³-hybridized carbons (Fsp3) is 0.500. The number of ether oxygens (including phenoxy) is 1. The first-order chi connectivity index (χ1) is 7.54. The van der Waals surface area contributed by atoms with E-state index >= 15 is 0 Å². The van der Waals surface area contributed by atoms with Gasteiger partial charge in [-0.1, -0.05) is 31.9 Å². The molecule has 1 rings (SSSR count). The normalized spacial score (nSPS) is 12.5. The Labute approximate surface area is 101 Å². The summed E-state index contributed by atoms with van der Waals surface area (Å²) in [6, 6.07) is 2.60. The summed E-state index contributed by atoms with van der Waals surface area (Å²) in [7, 11) is 0. The minimum atomic E-state index is -0.520. The Hall–Kier alpha value is -0.960. The third-order valence-corrected chi connectivity index (χ3v) is 2.65. The van der Waals surface area contributed by atoms with E-state index in [1.807, 2.05) is 0 Å². The molecule has 0 saturated heterocycles. The van der Waals surface area contributed by atoms with Crippen LogP contribution in [0.5, 0.6) is 5.75 Å². The number of nitrogens with two attached hydrogens (primary N) is 1. The van der Waals surface area contributed by atoms with E-state index in [2.05, 4.69) is 13.8 Å². The van der Waals surface area contributed by atoms with Crippen molar-refractivity contribution in [2.24, 2.45) is 5.92 Å². The van der Waals surface area contributed by atoms with E-state index in [9.17, 15) is 4.39 Å². The zero-order valence-corrected chi connectivity index (χ0v) is 10.4. The first kappa shape index (κ1) is 13.1. The molecule has 2 nitrogen and oxygen atoms in total. The summed E-state index contributed by atoms with van der Waals surface area (Å²) in [5.41, 5.74) is 5.91. The van der Waals surface area contributed by atoms with Crippen molar-refractivity contribution in [3.63, 3.8) is 0 Å². The van der Waals surface area contributed by atoms with Crippen LogP contribution in [0, 0.1) is 11.7 Å². The maximum absolute atomic E-state index is 13.0. The van der Waals surface area contributed by atoms with Crippen molar-refractivity contribution in [2.75, 3.05) is 12.3 Å². The Kier molecular flexibility index (Phi) is 4.87. The second-order valence-electron chi connectivity index (χ2n) is 4.01. The van der Waals surface area contributed by atoms with Crippen LogP contribution in [0.25, 0.3) is 0 Å². The van der Waals surface area contributed by atoms with Gasteiger partial charge >= 0.3 is 0 Å². The SMILES string of the molecule is CCCC(C)COc1cc(Cl)c(F)cc1N. The molecule has 2 N–H and O–H groups in total. The lowest BCUT2D eigenvalue weighted by atomic mass is 10.1. The van der Waals surface area contributed by atoms with E-state index < -0.39 is 5.82 Å². The summed E-state index contributed by atoms with van der Waals surface area (Å²) < 4.78 is 18.5. The molecule has 0 radical (unpaired) electrons. The lowest BCUT2D eigenvalue weighted by Gasteiger charge is -2.14. The Morgan fingerprint density at radius 3 is 2.81 bits per heavy atom. The van der Waals surface area contributed by atoms with Crippen LogP contribution in [0.3, 0.4) is 0 Å². The van der Waals surface area contributed by atoms with Gasteiger partial charge in [-0.2, -0.15) is 0 Å². The molecule has 0 heterocycles. The summed E-state index contributed by atoms with van der Waals surface area (Å²) in [5.74, 6) is 0.385. The first-order valence-electron chi connectivity index (χ1n) is 5.42. The van der Waals surface area contributed by atoms with E-state index in [-0.39, 0.29) is 10.7 Å². The third kappa shape index (κ3) is 3.56. The van der Waals surface area contributed by atoms with E-state index in [4.69, 9.17) is 22.1 Å². The molecule has 1 atom stereocenters. The molecule has 1 aromatic carbocycles. The second kappa shape index (κ2) is 5.94. The number of nitrogen functional groups attached to an aromatic ring is 1. The van der Waals surface area contributed by atoms with Gasteiger partial charge in [0.15, 0.2) is 0 Å². The molecule has 1 unspecified atom stereocenters. The van der Waals surface area contributed by atoms with Crippen LogP contribution in [-0.4, -0.2) is 6.61 Å². The fourth-order valence-corrected chi connectivity index (χ4v) is 1.63. The molecule has 0 aliphatic carbocycles. The number of hydrogen-bond donors (Lipinski definition) is 1. The summed E-state index contributed by atoms with van der Waals surface area (Å²) >= 11 is 5.65. The smallest absolute Gasteiger partial charge is 0.144 e. The molecule has 0 amide bonds. The van der Waals surface area contributed by atoms with Crippen LogP contribution >= 0.6 is 11.6 Å². The lowest BCUT2D eigenvalue weighted by molar-refractivity contribution is 0.252. The van der Waals surface area contributed by atoms with Crippen LogP contribution in [0.2, 0.25) is 5.02 Å². The van der Waals surface area contributed by atoms with Gasteiger partial charge in [0.05, 0.1) is 17.3 Å². The Bertz CT molecular complexity index is 357. The van der Waals surface area contributed by atoms with E-state index in [0.29, 0.717) is 18.3 Å². The van der Waals surface area contributed by atoms with Crippen LogP contribution in [-0.2, 0) is 0 Å². The quantitative estimate of drug-likeness (QED) is 0.799. The first-order valence-corrected chi connectivity index (χ1v) is 5.79. The van der Waals surface area contributed by atoms with Gasteiger partial charge < -0.3 is 10.5 Å². The summed E-state index contributed by atoms with van der Waals surface area (Å²) in [6.07, 6.45) is 2.21. The van der Waals surface area contributed by atoms with Gasteiger partial charge in [0.1, 0.15) is 11.6 Å². The van der Waals surface area contributed by atoms with Crippen molar-refractivity contribution >= 4 is 17.3 Å². The molecule has 0 aliphatic heterocycles. The lowest BCUT2D eigenvalue weighted by Crippen LogP contribution is -2.09. The van der Waals surface area contributed by atoms with Gasteiger partial charge in [-0.15, -0.1) is 0 Å². The number of hydrogen-bond acceptors (Lipinski definition) is 2. The van der Waals surface area contributed by atoms with Crippen molar-refractivity contribution < 1.29 is 9.13 Å². The Morgan fingerprint density at radius 1 is 1.50 bits per heavy atom. The molecule has 0 aliphatic rings. The van der Waals surface area contributed by atoms with E-state index in [1.165, 1.54) is 12.1 Å². The minimum absolute atomic E-state index is 0.0346. The summed E-state index contributed by atoms with van der Waals surface area (Å²) in [4.78, 5) is 0. The molecular weight excluding hydrogens is 229 g/mol. The van der Waals surface area contributed by atoms with Gasteiger partial charge in [0, 0.05) is 12.1 Å². The molecule has 0 aromatic heterocycles. The molecule has 0 saturated carbocycles. The van der Waals surface area contributed by atoms with Crippen molar-refractivity contribution in [3.8, 4) is 5.75 Å². The standard InChI is InChI=1S/C12H17ClFNO/c1-3-4-8(2)7-16-12-5-9(13)10(14)6-11(12)15/h5-6,8H,3-4,7,15H2,1-2H3. The zero-order valence-electron chi connectivity index (χ0n) is 9.59. The average Bonchev–Trinajstić information content (AvgIpc) is 2.22. The molecule has 1 aromatic rings. The number of halogens is 2. The molecule has 0 bridgehead atoms. The van der Waals surface area contributed by atoms with Gasteiger partial charge in [-0.3, -0.25) is 0 Å². The molecule has 4 heteroatoms. The van der Waals surface area contributed by atoms with Crippen molar-refractivity contribution in [1.29, 1.82) is 0 Å². The van der Waals surface area contributed by atoms with Crippen molar-refractivity contribution in [1.82, 2.24) is 0 Å². The molecule has 16 heavy (non-hydrogen) atoms. The van der Waals surface area contributed by atoms with E-state index in [0.717, 1.165) is 12.8 Å². The maximum atomic E-state index is 13.0. The second-order valence-corrected chi connectivity index (χ2v) is 4.42. The number of rotatable bonds is 5. The third-order valence-electron chi connectivity index (χ3n) is 2.36. The largest absolute Gasteiger partial charge is 0.491 e. The predicted molar refractivity (Wildman–Crippen MR) is 65.4 cm³/mol. The van der Waals surface area contributed by atoms with Gasteiger partial charge in [-0.25, -0.2) is 4.39 Å². The minimum Gasteiger partial charge on any atom is -0.491 e. The summed E-state index contributed by atoms with van der Waals surface area (Å²) in [5, 5.41) is 0.0346. The number of anilines is 1. The highest BCUT2D eigenvalue weighted by Crippen LogP contribution is 2.28. The molecule has 90 valence electrons. The topological polar surface area (TPSA) is 35.2 Å². The molecule has 0 spiro atoms. The summed E-state index contributed by atoms with van der Waals surface area (Å²) in [6.45, 7) is 4.80. The number of benzene rings is 1. The van der Waals surface area contributed by atoms with Gasteiger partial charge in [-0.05, 0) is 12.3 Å². The molecule has 0 fully saturated rings. The highest BCUT2D eigenvalue weighted by Gasteiger charge is 2.09. The maximum Gasteiger partial charge on any atom is 0.144 e. The predicted octanol–water partition coefficient (Wildman–Crippen LogP) is 3.88. The van der Waals surface area contributed by atoms with Crippen LogP contribution in [0.4, 0.5) is 10.1 Å². The monoisotopic (exact) mass is 245 g/mol. The molecular formula is C12H17ClFNO. The van der Waals surface area contributed by atoms with Gasteiger partial charge in [0.25, 0.3) is 0 Å². The van der Waals surface area contributed by atoms with Crippen LogP contribution in [0.15, 0.2) is 12.1 Å². The highest BCUT2D eigenvalue weighted by molar-refractivity contribution is 6.31. The average molecular weight is 246 g/mol. The van der Waals surface area contributed by atoms with Crippen molar-refractivity contribution in [3.05, 3.63) is 23.0 Å². The van der Waals surface area contributed by atoms with Crippen LogP contribution < -0.4 is 10.5 Å². The van der Waals surface area contributed by atoms with Crippen LogP contribution in [0.1, 0.15) is 26.7 Å². The fourth-order valence-electron chi connectivity index (χ4n) is 1.48. The van der Waals surface area contributed by atoms with Crippen molar-refractivity contribution in [2.45, 2.75) is 26.7 Å². The Balaban J connectivity index is 2.63.